The van der Waals surface area contributed by atoms with E-state index < -0.39 is 7.12 Å². The predicted octanol–water partition coefficient (Wildman–Crippen LogP) is 3.88. The third-order valence-electron chi connectivity index (χ3n) is 3.59. The van der Waals surface area contributed by atoms with E-state index in [4.69, 9.17) is 40.2 Å². The predicted molar refractivity (Wildman–Crippen MR) is 108 cm³/mol. The maximum absolute atomic E-state index is 9.35. The van der Waals surface area contributed by atoms with Crippen LogP contribution in [0.4, 0.5) is 5.69 Å². The van der Waals surface area contributed by atoms with E-state index in [0.29, 0.717) is 11.4 Å². The first-order chi connectivity index (χ1) is 11.7. The van der Waals surface area contributed by atoms with Gasteiger partial charge in [0.05, 0.1) is 10.7 Å². The second-order valence-corrected chi connectivity index (χ2v) is 7.12. The lowest BCUT2D eigenvalue weighted by atomic mass is 9.80. The summed E-state index contributed by atoms with van der Waals surface area (Å²) in [6, 6.07) is 8.77. The van der Waals surface area contributed by atoms with Crippen LogP contribution < -0.4 is 15.5 Å². The number of halogens is 2. The van der Waals surface area contributed by atoms with Gasteiger partial charge < -0.3 is 20.1 Å². The van der Waals surface area contributed by atoms with Crippen molar-refractivity contribution >= 4 is 58.9 Å². The molecule has 0 atom stereocenters. The van der Waals surface area contributed by atoms with E-state index in [1.165, 1.54) is 12.1 Å². The number of benzene rings is 2. The standard InChI is InChI=1S/C17H18BCl2NO3S/c1-9(2)11-5-4-10(3)6-16(11)24-17(25)21-15-7-12(18(22)23)13(19)8-14(15)20/h4-9,22-23H,1-3H3,(H,21,25). The first kappa shape index (κ1) is 20.0. The van der Waals surface area contributed by atoms with Gasteiger partial charge in [0.15, 0.2) is 0 Å². The molecule has 4 nitrogen and oxygen atoms in total. The Morgan fingerprint density at radius 2 is 1.84 bits per heavy atom. The minimum Gasteiger partial charge on any atom is -0.431 e. The Morgan fingerprint density at radius 1 is 1.16 bits per heavy atom. The van der Waals surface area contributed by atoms with E-state index in [2.05, 4.69) is 19.2 Å². The number of hydrogen-bond acceptors (Lipinski definition) is 4. The van der Waals surface area contributed by atoms with Gasteiger partial charge >= 0.3 is 7.12 Å². The lowest BCUT2D eigenvalue weighted by Crippen LogP contribution is -2.31. The van der Waals surface area contributed by atoms with Gasteiger partial charge in [-0.15, -0.1) is 0 Å². The third-order valence-corrected chi connectivity index (χ3v) is 4.42. The Bertz CT molecular complexity index is 800. The van der Waals surface area contributed by atoms with Crippen molar-refractivity contribution in [1.82, 2.24) is 0 Å². The van der Waals surface area contributed by atoms with Gasteiger partial charge in [-0.1, -0.05) is 49.2 Å². The summed E-state index contributed by atoms with van der Waals surface area (Å²) in [5.74, 6) is 0.939. The third kappa shape index (κ3) is 5.09. The molecule has 0 amide bonds. The molecular formula is C17H18BCl2NO3S. The van der Waals surface area contributed by atoms with Crippen LogP contribution in [0.25, 0.3) is 0 Å². The largest absolute Gasteiger partial charge is 0.490 e. The quantitative estimate of drug-likeness (QED) is 0.539. The number of rotatable bonds is 4. The molecule has 0 saturated heterocycles. The molecule has 2 aromatic rings. The Labute approximate surface area is 162 Å². The van der Waals surface area contributed by atoms with Gasteiger partial charge in [-0.3, -0.25) is 0 Å². The number of thiocarbonyl (C=S) groups is 1. The van der Waals surface area contributed by atoms with Crippen LogP contribution in [0.1, 0.15) is 30.9 Å². The average molecular weight is 398 g/mol. The molecule has 0 unspecified atom stereocenters. The van der Waals surface area contributed by atoms with Crippen molar-refractivity contribution in [3.05, 3.63) is 51.5 Å². The number of ether oxygens (including phenoxy) is 1. The van der Waals surface area contributed by atoms with Crippen LogP contribution in [-0.2, 0) is 0 Å². The molecule has 0 bridgehead atoms. The van der Waals surface area contributed by atoms with Crippen LogP contribution >= 0.6 is 35.4 Å². The van der Waals surface area contributed by atoms with E-state index in [9.17, 15) is 10.0 Å². The van der Waals surface area contributed by atoms with Crippen molar-refractivity contribution < 1.29 is 14.8 Å². The first-order valence-electron chi connectivity index (χ1n) is 7.63. The van der Waals surface area contributed by atoms with Crippen molar-refractivity contribution in [3.8, 4) is 5.75 Å². The zero-order valence-corrected chi connectivity index (χ0v) is 16.3. The molecule has 2 rings (SSSR count). The minimum absolute atomic E-state index is 0.0927. The van der Waals surface area contributed by atoms with Gasteiger partial charge in [0.2, 0.25) is 0 Å². The second-order valence-electron chi connectivity index (χ2n) is 5.94. The van der Waals surface area contributed by atoms with Crippen LogP contribution in [0.5, 0.6) is 5.75 Å². The maximum atomic E-state index is 9.35. The molecule has 0 aliphatic rings. The van der Waals surface area contributed by atoms with Gasteiger partial charge in [0.1, 0.15) is 5.75 Å². The molecule has 0 radical (unpaired) electrons. The molecular weight excluding hydrogens is 380 g/mol. The molecule has 0 spiro atoms. The molecule has 3 N–H and O–H groups in total. The van der Waals surface area contributed by atoms with Crippen LogP contribution in [0.15, 0.2) is 30.3 Å². The molecule has 0 saturated carbocycles. The van der Waals surface area contributed by atoms with Crippen molar-refractivity contribution in [2.24, 2.45) is 0 Å². The molecule has 132 valence electrons. The Morgan fingerprint density at radius 3 is 2.44 bits per heavy atom. The molecule has 0 aliphatic heterocycles. The van der Waals surface area contributed by atoms with E-state index in [-0.39, 0.29) is 26.6 Å². The summed E-state index contributed by atoms with van der Waals surface area (Å²) in [7, 11) is -1.72. The summed E-state index contributed by atoms with van der Waals surface area (Å²) in [5, 5.41) is 22.1. The Balaban J connectivity index is 2.24. The zero-order chi connectivity index (χ0) is 18.7. The number of nitrogens with one attached hydrogen (secondary N) is 1. The fraction of sp³-hybridized carbons (Fsp3) is 0.235. The minimum atomic E-state index is -1.72. The van der Waals surface area contributed by atoms with E-state index in [1.807, 2.05) is 25.1 Å². The van der Waals surface area contributed by atoms with Crippen molar-refractivity contribution in [3.63, 3.8) is 0 Å². The monoisotopic (exact) mass is 397 g/mol. The lowest BCUT2D eigenvalue weighted by Gasteiger charge is -2.17. The van der Waals surface area contributed by atoms with Crippen molar-refractivity contribution in [2.45, 2.75) is 26.7 Å². The number of hydrogen-bond donors (Lipinski definition) is 3. The zero-order valence-electron chi connectivity index (χ0n) is 14.0. The molecule has 2 aromatic carbocycles. The number of aryl methyl sites for hydroxylation is 1. The van der Waals surface area contributed by atoms with Crippen LogP contribution in [0, 0.1) is 6.92 Å². The first-order valence-corrected chi connectivity index (χ1v) is 8.80. The van der Waals surface area contributed by atoms with Crippen LogP contribution in [0.3, 0.4) is 0 Å². The molecule has 0 fully saturated rings. The van der Waals surface area contributed by atoms with Crippen molar-refractivity contribution in [2.75, 3.05) is 5.32 Å². The van der Waals surface area contributed by atoms with E-state index in [0.717, 1.165) is 11.1 Å². The summed E-state index contributed by atoms with van der Waals surface area (Å²) >= 11 is 17.3. The molecule has 8 heteroatoms. The SMILES string of the molecule is Cc1ccc(C(C)C)c(OC(=S)Nc2cc(B(O)O)c(Cl)cc2Cl)c1. The fourth-order valence-electron chi connectivity index (χ4n) is 2.30. The highest BCUT2D eigenvalue weighted by molar-refractivity contribution is 7.80. The van der Waals surface area contributed by atoms with E-state index in [1.54, 1.807) is 0 Å². The molecule has 0 aromatic heterocycles. The molecule has 0 aliphatic carbocycles. The smallest absolute Gasteiger partial charge is 0.431 e. The van der Waals surface area contributed by atoms with Gasteiger partial charge in [-0.25, -0.2) is 0 Å². The lowest BCUT2D eigenvalue weighted by molar-refractivity contribution is 0.426. The van der Waals surface area contributed by atoms with Gasteiger partial charge in [-0.2, -0.15) is 0 Å². The summed E-state index contributed by atoms with van der Waals surface area (Å²) in [5.41, 5.74) is 2.58. The van der Waals surface area contributed by atoms with Gasteiger partial charge in [-0.05, 0) is 54.4 Å². The van der Waals surface area contributed by atoms with E-state index >= 15 is 0 Å². The average Bonchev–Trinajstić information content (AvgIpc) is 2.49. The van der Waals surface area contributed by atoms with Gasteiger partial charge in [0, 0.05) is 10.5 Å². The highest BCUT2D eigenvalue weighted by Gasteiger charge is 2.19. The van der Waals surface area contributed by atoms with Crippen LogP contribution in [0.2, 0.25) is 10.0 Å². The Hall–Kier alpha value is -1.31. The molecule has 25 heavy (non-hydrogen) atoms. The molecule has 0 heterocycles. The Kier molecular flexibility index (Phi) is 6.71. The van der Waals surface area contributed by atoms with Gasteiger partial charge in [0.25, 0.3) is 5.17 Å². The number of anilines is 1. The highest BCUT2D eigenvalue weighted by atomic mass is 35.5. The topological polar surface area (TPSA) is 61.7 Å². The summed E-state index contributed by atoms with van der Waals surface area (Å²) in [6.45, 7) is 6.11. The second kappa shape index (κ2) is 8.38. The summed E-state index contributed by atoms with van der Waals surface area (Å²) in [4.78, 5) is 0. The summed E-state index contributed by atoms with van der Waals surface area (Å²) in [6.07, 6.45) is 0. The fourth-order valence-corrected chi connectivity index (χ4v) is 3.03. The van der Waals surface area contributed by atoms with Crippen molar-refractivity contribution in [1.29, 1.82) is 0 Å². The summed E-state index contributed by atoms with van der Waals surface area (Å²) < 4.78 is 5.78. The highest BCUT2D eigenvalue weighted by Crippen LogP contribution is 2.29. The normalized spacial score (nSPS) is 10.7. The van der Waals surface area contributed by atoms with Crippen LogP contribution in [-0.4, -0.2) is 22.3 Å². The maximum Gasteiger partial charge on any atom is 0.490 e.